The number of carbonyl (C=O) groups excluding carboxylic acids is 1. The molecule has 0 bridgehead atoms. The fourth-order valence-electron chi connectivity index (χ4n) is 3.26. The Balaban J connectivity index is 1.75. The molecular formula is C23H22F3N3O3. The molecule has 0 aliphatic rings. The number of hydrogen-bond donors (Lipinski definition) is 1. The number of halogens is 3. The van der Waals surface area contributed by atoms with E-state index in [1.54, 1.807) is 32.4 Å². The number of carbonyl (C=O) groups is 1. The number of hydrogen-bond acceptors (Lipinski definition) is 5. The van der Waals surface area contributed by atoms with Crippen LogP contribution in [0.25, 0.3) is 11.3 Å². The maximum absolute atomic E-state index is 13.0. The first-order chi connectivity index (χ1) is 15.1. The van der Waals surface area contributed by atoms with E-state index in [1.807, 2.05) is 13.8 Å². The Morgan fingerprint density at radius 1 is 1.12 bits per heavy atom. The minimum absolute atomic E-state index is 0.0673. The highest BCUT2D eigenvalue weighted by molar-refractivity contribution is 5.86. The molecule has 0 radical (unpaired) electrons. The van der Waals surface area contributed by atoms with Crippen LogP contribution in [-0.4, -0.2) is 23.2 Å². The van der Waals surface area contributed by atoms with Crippen molar-refractivity contribution < 1.29 is 27.4 Å². The summed E-state index contributed by atoms with van der Waals surface area (Å²) < 4.78 is 49.6. The van der Waals surface area contributed by atoms with Crippen LogP contribution in [0.4, 0.5) is 23.7 Å². The maximum Gasteiger partial charge on any atom is 0.433 e. The average molecular weight is 445 g/mol. The lowest BCUT2D eigenvalue weighted by molar-refractivity contribution is -0.141. The summed E-state index contributed by atoms with van der Waals surface area (Å²) in [5.41, 5.74) is 2.90. The number of benzene rings is 1. The van der Waals surface area contributed by atoms with Crippen LogP contribution in [-0.2, 0) is 17.5 Å². The summed E-state index contributed by atoms with van der Waals surface area (Å²) in [4.78, 5) is 20.3. The molecule has 32 heavy (non-hydrogen) atoms. The summed E-state index contributed by atoms with van der Waals surface area (Å²) in [6.07, 6.45) is -3.63. The Morgan fingerprint density at radius 2 is 1.88 bits per heavy atom. The quantitative estimate of drug-likeness (QED) is 0.534. The van der Waals surface area contributed by atoms with Gasteiger partial charge in [-0.25, -0.2) is 9.78 Å². The first-order valence-corrected chi connectivity index (χ1v) is 9.67. The molecule has 3 rings (SSSR count). The molecule has 1 amide bonds. The SMILES string of the molecule is COc1c(C)cnc(COC(=O)Nc2cc(C)cc(-c3cccc(C(F)(F)F)n3)c2)c1C. The molecule has 1 aromatic carbocycles. The Bertz CT molecular complexity index is 1150. The van der Waals surface area contributed by atoms with Crippen LogP contribution in [0, 0.1) is 20.8 Å². The third-order valence-corrected chi connectivity index (χ3v) is 4.75. The van der Waals surface area contributed by atoms with Gasteiger partial charge in [-0.05, 0) is 56.7 Å². The number of pyridine rings is 2. The molecule has 3 aromatic rings. The molecule has 168 valence electrons. The van der Waals surface area contributed by atoms with Crippen molar-refractivity contribution in [3.05, 3.63) is 70.7 Å². The van der Waals surface area contributed by atoms with E-state index in [0.717, 1.165) is 22.8 Å². The summed E-state index contributed by atoms with van der Waals surface area (Å²) >= 11 is 0. The van der Waals surface area contributed by atoms with Crippen molar-refractivity contribution in [1.82, 2.24) is 9.97 Å². The molecule has 0 aliphatic carbocycles. The Hall–Kier alpha value is -3.62. The largest absolute Gasteiger partial charge is 0.496 e. The van der Waals surface area contributed by atoms with Crippen molar-refractivity contribution in [3.63, 3.8) is 0 Å². The summed E-state index contributed by atoms with van der Waals surface area (Å²) in [5, 5.41) is 2.60. The molecular weight excluding hydrogens is 423 g/mol. The second-order valence-corrected chi connectivity index (χ2v) is 7.24. The van der Waals surface area contributed by atoms with Crippen molar-refractivity contribution in [2.24, 2.45) is 0 Å². The summed E-state index contributed by atoms with van der Waals surface area (Å²) in [6.45, 7) is 5.39. The highest BCUT2D eigenvalue weighted by atomic mass is 19.4. The van der Waals surface area contributed by atoms with Crippen LogP contribution >= 0.6 is 0 Å². The number of aromatic nitrogens is 2. The second-order valence-electron chi connectivity index (χ2n) is 7.24. The van der Waals surface area contributed by atoms with E-state index >= 15 is 0 Å². The molecule has 9 heteroatoms. The van der Waals surface area contributed by atoms with E-state index in [4.69, 9.17) is 9.47 Å². The maximum atomic E-state index is 13.0. The molecule has 0 aliphatic heterocycles. The van der Waals surface area contributed by atoms with E-state index in [-0.39, 0.29) is 12.3 Å². The van der Waals surface area contributed by atoms with E-state index in [0.29, 0.717) is 22.7 Å². The Kier molecular flexibility index (Phi) is 6.67. The molecule has 0 atom stereocenters. The zero-order chi connectivity index (χ0) is 23.5. The lowest BCUT2D eigenvalue weighted by Crippen LogP contribution is -2.15. The number of anilines is 1. The van der Waals surface area contributed by atoms with Gasteiger partial charge in [-0.3, -0.25) is 10.3 Å². The number of nitrogens with zero attached hydrogens (tertiary/aromatic N) is 2. The number of nitrogens with one attached hydrogen (secondary N) is 1. The first kappa shape index (κ1) is 23.1. The number of amides is 1. The van der Waals surface area contributed by atoms with Gasteiger partial charge >= 0.3 is 12.3 Å². The third kappa shape index (κ3) is 5.35. The van der Waals surface area contributed by atoms with Gasteiger partial charge < -0.3 is 9.47 Å². The fourth-order valence-corrected chi connectivity index (χ4v) is 3.26. The van der Waals surface area contributed by atoms with Crippen LogP contribution in [0.5, 0.6) is 5.75 Å². The predicted octanol–water partition coefficient (Wildman–Crippen LogP) is 5.84. The number of methoxy groups -OCH3 is 1. The van der Waals surface area contributed by atoms with Gasteiger partial charge in [0.05, 0.1) is 18.5 Å². The smallest absolute Gasteiger partial charge is 0.433 e. The zero-order valence-corrected chi connectivity index (χ0v) is 18.0. The van der Waals surface area contributed by atoms with Gasteiger partial charge in [0.1, 0.15) is 18.1 Å². The van der Waals surface area contributed by atoms with Gasteiger partial charge in [-0.15, -0.1) is 0 Å². The van der Waals surface area contributed by atoms with E-state index in [9.17, 15) is 18.0 Å². The first-order valence-electron chi connectivity index (χ1n) is 9.67. The van der Waals surface area contributed by atoms with Crippen molar-refractivity contribution in [2.75, 3.05) is 12.4 Å². The molecule has 0 saturated heterocycles. The molecule has 2 heterocycles. The van der Waals surface area contributed by atoms with Crippen LogP contribution in [0.3, 0.4) is 0 Å². The topological polar surface area (TPSA) is 73.3 Å². The zero-order valence-electron chi connectivity index (χ0n) is 18.0. The normalized spacial score (nSPS) is 11.2. The summed E-state index contributed by atoms with van der Waals surface area (Å²) in [6, 6.07) is 8.58. The van der Waals surface area contributed by atoms with Crippen molar-refractivity contribution in [2.45, 2.75) is 33.6 Å². The fraction of sp³-hybridized carbons (Fsp3) is 0.261. The minimum atomic E-state index is -4.55. The lowest BCUT2D eigenvalue weighted by atomic mass is 10.1. The van der Waals surface area contributed by atoms with Gasteiger partial charge in [0.15, 0.2) is 0 Å². The number of rotatable bonds is 5. The second kappa shape index (κ2) is 9.25. The minimum Gasteiger partial charge on any atom is -0.496 e. The molecule has 1 N–H and O–H groups in total. The monoisotopic (exact) mass is 445 g/mol. The molecule has 0 fully saturated rings. The van der Waals surface area contributed by atoms with Crippen molar-refractivity contribution in [1.29, 1.82) is 0 Å². The van der Waals surface area contributed by atoms with Gasteiger partial charge in [0.2, 0.25) is 0 Å². The van der Waals surface area contributed by atoms with Crippen LogP contribution in [0.2, 0.25) is 0 Å². The number of alkyl halides is 3. The Labute approximate surface area is 183 Å². The Morgan fingerprint density at radius 3 is 2.56 bits per heavy atom. The van der Waals surface area contributed by atoms with Crippen LogP contribution in [0.15, 0.2) is 42.6 Å². The van der Waals surface area contributed by atoms with Crippen LogP contribution in [0.1, 0.15) is 28.1 Å². The summed E-state index contributed by atoms with van der Waals surface area (Å²) in [7, 11) is 1.56. The van der Waals surface area contributed by atoms with Crippen LogP contribution < -0.4 is 10.1 Å². The highest BCUT2D eigenvalue weighted by Crippen LogP contribution is 2.30. The van der Waals surface area contributed by atoms with Gasteiger partial charge in [-0.1, -0.05) is 6.07 Å². The third-order valence-electron chi connectivity index (χ3n) is 4.75. The highest BCUT2D eigenvalue weighted by Gasteiger charge is 2.32. The molecule has 2 aromatic heterocycles. The van der Waals surface area contributed by atoms with Gasteiger partial charge in [0.25, 0.3) is 0 Å². The van der Waals surface area contributed by atoms with E-state index < -0.39 is 18.0 Å². The molecule has 0 unspecified atom stereocenters. The number of ether oxygens (including phenoxy) is 2. The average Bonchev–Trinajstić information content (AvgIpc) is 2.72. The van der Waals surface area contributed by atoms with E-state index in [2.05, 4.69) is 15.3 Å². The molecule has 0 saturated carbocycles. The van der Waals surface area contributed by atoms with E-state index in [1.165, 1.54) is 18.2 Å². The predicted molar refractivity (Wildman–Crippen MR) is 113 cm³/mol. The summed E-state index contributed by atoms with van der Waals surface area (Å²) in [5.74, 6) is 0.677. The lowest BCUT2D eigenvalue weighted by Gasteiger charge is -2.13. The molecule has 0 spiro atoms. The standard InChI is InChI=1S/C23H22F3N3O3/c1-13-8-16(18-6-5-7-20(29-18)23(24,25)26)10-17(9-13)28-22(30)32-12-19-15(3)21(31-4)14(2)11-27-19/h5-11H,12H2,1-4H3,(H,28,30). The van der Waals surface area contributed by atoms with Gasteiger partial charge in [-0.2, -0.15) is 13.2 Å². The number of aryl methyl sites for hydroxylation is 2. The van der Waals surface area contributed by atoms with Crippen molar-refractivity contribution >= 4 is 11.8 Å². The van der Waals surface area contributed by atoms with Gasteiger partial charge in [0, 0.05) is 28.6 Å². The van der Waals surface area contributed by atoms with Crippen molar-refractivity contribution in [3.8, 4) is 17.0 Å². The molecule has 6 nitrogen and oxygen atoms in total.